The average Bonchev–Trinajstić information content (AvgIpc) is 2.76. The molecule has 0 radical (unpaired) electrons. The maximum atomic E-state index is 11.9. The predicted molar refractivity (Wildman–Crippen MR) is 76.8 cm³/mol. The van der Waals surface area contributed by atoms with Crippen molar-refractivity contribution in [1.82, 2.24) is 10.3 Å². The number of nitrogens with zero attached hydrogens (tertiary/aromatic N) is 1. The van der Waals surface area contributed by atoms with E-state index in [-0.39, 0.29) is 17.9 Å². The van der Waals surface area contributed by atoms with Crippen molar-refractivity contribution < 1.29 is 4.79 Å². The molecule has 2 unspecified atom stereocenters. The van der Waals surface area contributed by atoms with Gasteiger partial charge >= 0.3 is 0 Å². The fourth-order valence-electron chi connectivity index (χ4n) is 1.48. The molecule has 0 aliphatic carbocycles. The van der Waals surface area contributed by atoms with Gasteiger partial charge in [-0.15, -0.1) is 11.3 Å². The number of hydrogen-bond acceptors (Lipinski definition) is 4. The van der Waals surface area contributed by atoms with Crippen LogP contribution in [0.1, 0.15) is 46.4 Å². The minimum absolute atomic E-state index is 0.00328. The van der Waals surface area contributed by atoms with Crippen molar-refractivity contribution >= 4 is 22.4 Å². The molecule has 2 N–H and O–H groups in total. The smallest absolute Gasteiger partial charge is 0.229 e. The summed E-state index contributed by atoms with van der Waals surface area (Å²) >= 11 is 1.48. The van der Waals surface area contributed by atoms with Crippen molar-refractivity contribution in [2.45, 2.75) is 40.7 Å². The Balaban J connectivity index is 2.61. The zero-order valence-corrected chi connectivity index (χ0v) is 12.6. The molecule has 1 aromatic heterocycles. The molecule has 102 valence electrons. The van der Waals surface area contributed by atoms with Gasteiger partial charge in [-0.05, 0) is 19.4 Å². The molecule has 0 aliphatic rings. The Kier molecular flexibility index (Phi) is 5.75. The lowest BCUT2D eigenvalue weighted by atomic mass is 9.97. The molecule has 1 heterocycles. The molecule has 0 fully saturated rings. The summed E-state index contributed by atoms with van der Waals surface area (Å²) in [5, 5.41) is 8.86. The number of aromatic nitrogens is 1. The highest BCUT2D eigenvalue weighted by molar-refractivity contribution is 7.13. The second kappa shape index (κ2) is 6.85. The summed E-state index contributed by atoms with van der Waals surface area (Å²) < 4.78 is 0. The lowest BCUT2D eigenvalue weighted by molar-refractivity contribution is -0.120. The van der Waals surface area contributed by atoms with Crippen LogP contribution in [0.15, 0.2) is 5.38 Å². The highest BCUT2D eigenvalue weighted by Gasteiger charge is 2.18. The van der Waals surface area contributed by atoms with E-state index in [1.807, 2.05) is 26.2 Å². The van der Waals surface area contributed by atoms with Crippen LogP contribution in [0.4, 0.5) is 5.13 Å². The van der Waals surface area contributed by atoms with Gasteiger partial charge in [0.25, 0.3) is 0 Å². The second-order valence-electron chi connectivity index (χ2n) is 4.88. The third kappa shape index (κ3) is 4.07. The Morgan fingerprint density at radius 2 is 2.06 bits per heavy atom. The minimum atomic E-state index is 0.00328. The van der Waals surface area contributed by atoms with Crippen LogP contribution in [0.3, 0.4) is 0 Å². The van der Waals surface area contributed by atoms with Gasteiger partial charge in [-0.3, -0.25) is 4.79 Å². The van der Waals surface area contributed by atoms with Crippen LogP contribution in [0.2, 0.25) is 0 Å². The number of anilines is 1. The zero-order chi connectivity index (χ0) is 13.7. The van der Waals surface area contributed by atoms with Crippen LogP contribution < -0.4 is 10.6 Å². The Labute approximate surface area is 113 Å². The lowest BCUT2D eigenvalue weighted by Crippen LogP contribution is -2.24. The molecule has 0 bridgehead atoms. The van der Waals surface area contributed by atoms with E-state index in [0.29, 0.717) is 11.0 Å². The van der Waals surface area contributed by atoms with Gasteiger partial charge in [0.1, 0.15) is 0 Å². The fraction of sp³-hybridized carbons (Fsp3) is 0.692. The average molecular weight is 269 g/mol. The van der Waals surface area contributed by atoms with Gasteiger partial charge in [0, 0.05) is 17.3 Å². The molecule has 0 aromatic carbocycles. The highest BCUT2D eigenvalue weighted by Crippen LogP contribution is 2.21. The molecule has 0 aliphatic heterocycles. The lowest BCUT2D eigenvalue weighted by Gasteiger charge is -2.13. The van der Waals surface area contributed by atoms with Crippen LogP contribution in [-0.4, -0.2) is 17.4 Å². The van der Waals surface area contributed by atoms with Gasteiger partial charge in [-0.2, -0.15) is 0 Å². The zero-order valence-electron chi connectivity index (χ0n) is 11.8. The van der Waals surface area contributed by atoms with Gasteiger partial charge in [-0.1, -0.05) is 27.7 Å². The first-order valence-corrected chi connectivity index (χ1v) is 7.33. The Bertz CT molecular complexity index is 389. The molecule has 5 heteroatoms. The second-order valence-corrected chi connectivity index (χ2v) is 5.74. The largest absolute Gasteiger partial charge is 0.309 e. The molecule has 0 spiro atoms. The molecule has 0 saturated heterocycles. The Morgan fingerprint density at radius 1 is 1.39 bits per heavy atom. The van der Waals surface area contributed by atoms with Crippen LogP contribution in [0.5, 0.6) is 0 Å². The summed E-state index contributed by atoms with van der Waals surface area (Å²) in [6.07, 6.45) is 0. The standard InChI is InChI=1S/C13H23N3OS/c1-6-14-10(5)11-7-18-13(15-11)16-12(17)9(4)8(2)3/h7-10,14H,6H2,1-5H3,(H,15,16,17). The molecule has 4 nitrogen and oxygen atoms in total. The summed E-state index contributed by atoms with van der Waals surface area (Å²) in [6.45, 7) is 11.1. The fourth-order valence-corrected chi connectivity index (χ4v) is 2.28. The van der Waals surface area contributed by atoms with Gasteiger partial charge in [0.2, 0.25) is 5.91 Å². The first kappa shape index (κ1) is 15.1. The molecule has 2 atom stereocenters. The van der Waals surface area contributed by atoms with E-state index in [1.165, 1.54) is 11.3 Å². The number of nitrogens with one attached hydrogen (secondary N) is 2. The van der Waals surface area contributed by atoms with Crippen LogP contribution >= 0.6 is 11.3 Å². The number of carbonyl (C=O) groups excluding carboxylic acids is 1. The predicted octanol–water partition coefficient (Wildman–Crippen LogP) is 3.04. The van der Waals surface area contributed by atoms with Crippen LogP contribution in [-0.2, 0) is 4.79 Å². The third-order valence-electron chi connectivity index (χ3n) is 3.12. The van der Waals surface area contributed by atoms with E-state index >= 15 is 0 Å². The van der Waals surface area contributed by atoms with E-state index in [0.717, 1.165) is 12.2 Å². The maximum absolute atomic E-state index is 11.9. The van der Waals surface area contributed by atoms with Crippen molar-refractivity contribution in [3.05, 3.63) is 11.1 Å². The molecular weight excluding hydrogens is 246 g/mol. The Morgan fingerprint density at radius 3 is 2.61 bits per heavy atom. The monoisotopic (exact) mass is 269 g/mol. The number of hydrogen-bond donors (Lipinski definition) is 2. The van der Waals surface area contributed by atoms with E-state index < -0.39 is 0 Å². The van der Waals surface area contributed by atoms with Crippen LogP contribution in [0.25, 0.3) is 0 Å². The van der Waals surface area contributed by atoms with Crippen LogP contribution in [0, 0.1) is 11.8 Å². The number of amides is 1. The van der Waals surface area contributed by atoms with Crippen molar-refractivity contribution in [2.75, 3.05) is 11.9 Å². The maximum Gasteiger partial charge on any atom is 0.229 e. The van der Waals surface area contributed by atoms with Crippen molar-refractivity contribution in [3.63, 3.8) is 0 Å². The van der Waals surface area contributed by atoms with Crippen molar-refractivity contribution in [2.24, 2.45) is 11.8 Å². The third-order valence-corrected chi connectivity index (χ3v) is 3.90. The Hall–Kier alpha value is -0.940. The first-order valence-electron chi connectivity index (χ1n) is 6.45. The normalized spacial score (nSPS) is 14.6. The number of carbonyl (C=O) groups is 1. The molecule has 0 saturated carbocycles. The highest BCUT2D eigenvalue weighted by atomic mass is 32.1. The summed E-state index contributed by atoms with van der Waals surface area (Å²) in [5.74, 6) is 0.385. The summed E-state index contributed by atoms with van der Waals surface area (Å²) in [4.78, 5) is 16.3. The van der Waals surface area contributed by atoms with Gasteiger partial charge in [0.15, 0.2) is 5.13 Å². The summed E-state index contributed by atoms with van der Waals surface area (Å²) in [7, 11) is 0. The summed E-state index contributed by atoms with van der Waals surface area (Å²) in [6, 6.07) is 0.222. The molecule has 1 rings (SSSR count). The van der Waals surface area contributed by atoms with E-state index in [4.69, 9.17) is 0 Å². The summed E-state index contributed by atoms with van der Waals surface area (Å²) in [5.41, 5.74) is 0.981. The van der Waals surface area contributed by atoms with E-state index in [1.54, 1.807) is 0 Å². The van der Waals surface area contributed by atoms with E-state index in [2.05, 4.69) is 29.5 Å². The number of rotatable bonds is 6. The van der Waals surface area contributed by atoms with Gasteiger partial charge in [-0.25, -0.2) is 4.98 Å². The van der Waals surface area contributed by atoms with Gasteiger partial charge in [0.05, 0.1) is 5.69 Å². The van der Waals surface area contributed by atoms with Crippen molar-refractivity contribution in [1.29, 1.82) is 0 Å². The quantitative estimate of drug-likeness (QED) is 0.834. The molecule has 18 heavy (non-hydrogen) atoms. The van der Waals surface area contributed by atoms with E-state index in [9.17, 15) is 4.79 Å². The minimum Gasteiger partial charge on any atom is -0.309 e. The topological polar surface area (TPSA) is 54.0 Å². The first-order chi connectivity index (χ1) is 8.45. The molecule has 1 aromatic rings. The molecular formula is C13H23N3OS. The SMILES string of the molecule is CCNC(C)c1csc(NC(=O)C(C)C(C)C)n1. The van der Waals surface area contributed by atoms with Crippen molar-refractivity contribution in [3.8, 4) is 0 Å². The molecule has 1 amide bonds. The van der Waals surface area contributed by atoms with Gasteiger partial charge < -0.3 is 10.6 Å². The number of thiazole rings is 1.